The van der Waals surface area contributed by atoms with E-state index in [1.54, 1.807) is 7.11 Å². The zero-order chi connectivity index (χ0) is 18.2. The Labute approximate surface area is 154 Å². The molecule has 1 unspecified atom stereocenters. The van der Waals surface area contributed by atoms with E-state index in [9.17, 15) is 0 Å². The first-order valence-electron chi connectivity index (χ1n) is 8.82. The topological polar surface area (TPSA) is 64.1 Å². The van der Waals surface area contributed by atoms with Crippen molar-refractivity contribution in [2.24, 2.45) is 4.99 Å². The van der Waals surface area contributed by atoms with Crippen molar-refractivity contribution in [3.63, 3.8) is 0 Å². The minimum atomic E-state index is -0.0643. The Morgan fingerprint density at radius 3 is 2.81 bits per heavy atom. The Kier molecular flexibility index (Phi) is 6.19. The van der Waals surface area contributed by atoms with Crippen LogP contribution in [0.1, 0.15) is 12.5 Å². The van der Waals surface area contributed by atoms with E-state index in [1.165, 1.54) is 0 Å². The summed E-state index contributed by atoms with van der Waals surface area (Å²) in [6, 6.07) is 15.6. The molecule has 2 aromatic carbocycles. The fourth-order valence-corrected chi connectivity index (χ4v) is 2.66. The highest BCUT2D eigenvalue weighted by Crippen LogP contribution is 2.30. The Balaban J connectivity index is 1.56. The summed E-state index contributed by atoms with van der Waals surface area (Å²) in [6.45, 7) is 4.52. The third kappa shape index (κ3) is 4.81. The Bertz CT molecular complexity index is 749. The van der Waals surface area contributed by atoms with Gasteiger partial charge in [0.2, 0.25) is 0 Å². The summed E-state index contributed by atoms with van der Waals surface area (Å²) in [5.41, 5.74) is 1.09. The van der Waals surface area contributed by atoms with Gasteiger partial charge in [-0.05, 0) is 36.8 Å². The van der Waals surface area contributed by atoms with Gasteiger partial charge in [0.05, 0.1) is 20.2 Å². The van der Waals surface area contributed by atoms with Crippen molar-refractivity contribution in [1.82, 2.24) is 10.6 Å². The highest BCUT2D eigenvalue weighted by atomic mass is 16.6. The van der Waals surface area contributed by atoms with Crippen LogP contribution in [0.25, 0.3) is 0 Å². The molecule has 0 saturated heterocycles. The molecule has 0 fully saturated rings. The number of hydrogen-bond acceptors (Lipinski definition) is 4. The monoisotopic (exact) mass is 355 g/mol. The van der Waals surface area contributed by atoms with Crippen LogP contribution in [0.4, 0.5) is 0 Å². The number of aliphatic imine (C=N–C) groups is 1. The van der Waals surface area contributed by atoms with Crippen LogP contribution in [-0.4, -0.2) is 38.9 Å². The molecule has 3 rings (SSSR count). The van der Waals surface area contributed by atoms with E-state index in [0.29, 0.717) is 19.7 Å². The third-order valence-electron chi connectivity index (χ3n) is 3.96. The standard InChI is InChI=1S/C20H25N3O3/c1-3-21-20(22-12-15-7-6-8-16(11-15)24-2)23-13-17-14-25-18-9-4-5-10-19(18)26-17/h4-11,17H,3,12-14H2,1-2H3,(H2,21,22,23). The van der Waals surface area contributed by atoms with Gasteiger partial charge < -0.3 is 24.8 Å². The molecule has 2 N–H and O–H groups in total. The van der Waals surface area contributed by atoms with Crippen LogP contribution in [0.2, 0.25) is 0 Å². The quantitative estimate of drug-likeness (QED) is 0.616. The summed E-state index contributed by atoms with van der Waals surface area (Å²) >= 11 is 0. The second kappa shape index (κ2) is 8.99. The first-order valence-corrected chi connectivity index (χ1v) is 8.82. The lowest BCUT2D eigenvalue weighted by atomic mass is 10.2. The van der Waals surface area contributed by atoms with E-state index in [2.05, 4.69) is 15.6 Å². The normalized spacial score (nSPS) is 16.1. The van der Waals surface area contributed by atoms with Crippen LogP contribution >= 0.6 is 0 Å². The van der Waals surface area contributed by atoms with Gasteiger partial charge in [-0.1, -0.05) is 24.3 Å². The number of methoxy groups -OCH3 is 1. The smallest absolute Gasteiger partial charge is 0.191 e. The second-order valence-corrected chi connectivity index (χ2v) is 5.93. The van der Waals surface area contributed by atoms with Crippen LogP contribution in [-0.2, 0) is 6.54 Å². The zero-order valence-corrected chi connectivity index (χ0v) is 15.2. The van der Waals surface area contributed by atoms with Crippen molar-refractivity contribution >= 4 is 5.96 Å². The SMILES string of the molecule is CCNC(=NCc1cccc(OC)c1)NCC1COc2ccccc2O1. The van der Waals surface area contributed by atoms with Gasteiger partial charge in [0.1, 0.15) is 18.5 Å². The van der Waals surface area contributed by atoms with Gasteiger partial charge in [-0.25, -0.2) is 4.99 Å². The Hall–Kier alpha value is -2.89. The maximum absolute atomic E-state index is 5.97. The zero-order valence-electron chi connectivity index (χ0n) is 15.2. The molecule has 2 aromatic rings. The van der Waals surface area contributed by atoms with E-state index in [4.69, 9.17) is 14.2 Å². The number of benzene rings is 2. The van der Waals surface area contributed by atoms with E-state index >= 15 is 0 Å². The van der Waals surface area contributed by atoms with E-state index in [0.717, 1.165) is 35.3 Å². The first kappa shape index (κ1) is 17.9. The number of nitrogens with one attached hydrogen (secondary N) is 2. The summed E-state index contributed by atoms with van der Waals surface area (Å²) in [6.07, 6.45) is -0.0643. The highest BCUT2D eigenvalue weighted by Gasteiger charge is 2.20. The fourth-order valence-electron chi connectivity index (χ4n) is 2.66. The van der Waals surface area contributed by atoms with Crippen molar-refractivity contribution in [1.29, 1.82) is 0 Å². The van der Waals surface area contributed by atoms with Crippen molar-refractivity contribution < 1.29 is 14.2 Å². The van der Waals surface area contributed by atoms with E-state index in [-0.39, 0.29) is 6.10 Å². The van der Waals surface area contributed by atoms with Gasteiger partial charge in [0, 0.05) is 6.54 Å². The molecule has 0 amide bonds. The maximum Gasteiger partial charge on any atom is 0.191 e. The Morgan fingerprint density at radius 1 is 1.15 bits per heavy atom. The van der Waals surface area contributed by atoms with Crippen molar-refractivity contribution in [3.8, 4) is 17.2 Å². The molecule has 26 heavy (non-hydrogen) atoms. The van der Waals surface area contributed by atoms with Crippen LogP contribution in [0.5, 0.6) is 17.2 Å². The molecule has 0 spiro atoms. The minimum Gasteiger partial charge on any atom is -0.497 e. The summed E-state index contributed by atoms with van der Waals surface area (Å²) in [5, 5.41) is 6.57. The molecule has 6 nitrogen and oxygen atoms in total. The molecule has 0 aromatic heterocycles. The molecule has 1 atom stereocenters. The second-order valence-electron chi connectivity index (χ2n) is 5.93. The minimum absolute atomic E-state index is 0.0643. The van der Waals surface area contributed by atoms with Gasteiger partial charge >= 0.3 is 0 Å². The van der Waals surface area contributed by atoms with Crippen LogP contribution in [0.3, 0.4) is 0 Å². The number of rotatable bonds is 6. The van der Waals surface area contributed by atoms with Crippen molar-refractivity contribution in [2.45, 2.75) is 19.6 Å². The summed E-state index contributed by atoms with van der Waals surface area (Å²) in [5.74, 6) is 3.16. The van der Waals surface area contributed by atoms with Crippen molar-refractivity contribution in [2.75, 3.05) is 26.8 Å². The Morgan fingerprint density at radius 2 is 2.00 bits per heavy atom. The molecule has 1 aliphatic heterocycles. The molecular formula is C20H25N3O3. The molecule has 1 heterocycles. The number of fused-ring (bicyclic) bond motifs is 1. The van der Waals surface area contributed by atoms with Crippen LogP contribution in [0.15, 0.2) is 53.5 Å². The van der Waals surface area contributed by atoms with E-state index in [1.807, 2.05) is 55.5 Å². The predicted octanol–water partition coefficient (Wildman–Crippen LogP) is 2.59. The maximum atomic E-state index is 5.97. The highest BCUT2D eigenvalue weighted by molar-refractivity contribution is 5.79. The lowest BCUT2D eigenvalue weighted by Crippen LogP contribution is -2.45. The fraction of sp³-hybridized carbons (Fsp3) is 0.350. The largest absolute Gasteiger partial charge is 0.497 e. The van der Waals surface area contributed by atoms with Gasteiger partial charge in [0.15, 0.2) is 17.5 Å². The molecule has 6 heteroatoms. The average molecular weight is 355 g/mol. The van der Waals surface area contributed by atoms with Crippen LogP contribution in [0, 0.1) is 0 Å². The van der Waals surface area contributed by atoms with Gasteiger partial charge in [0.25, 0.3) is 0 Å². The van der Waals surface area contributed by atoms with Crippen LogP contribution < -0.4 is 24.8 Å². The number of guanidine groups is 1. The summed E-state index contributed by atoms with van der Waals surface area (Å²) in [4.78, 5) is 4.63. The van der Waals surface area contributed by atoms with Gasteiger partial charge in [-0.2, -0.15) is 0 Å². The summed E-state index contributed by atoms with van der Waals surface area (Å²) in [7, 11) is 1.67. The molecular weight excluding hydrogens is 330 g/mol. The van der Waals surface area contributed by atoms with Gasteiger partial charge in [-0.15, -0.1) is 0 Å². The van der Waals surface area contributed by atoms with Crippen molar-refractivity contribution in [3.05, 3.63) is 54.1 Å². The molecule has 0 radical (unpaired) electrons. The predicted molar refractivity (Wildman–Crippen MR) is 102 cm³/mol. The molecule has 0 aliphatic carbocycles. The molecule has 1 aliphatic rings. The molecule has 138 valence electrons. The molecule has 0 saturated carbocycles. The average Bonchev–Trinajstić information content (AvgIpc) is 2.70. The molecule has 0 bridgehead atoms. The number of para-hydroxylation sites is 2. The first-order chi connectivity index (χ1) is 12.8. The number of ether oxygens (including phenoxy) is 3. The number of nitrogens with zero attached hydrogens (tertiary/aromatic N) is 1. The lowest BCUT2D eigenvalue weighted by molar-refractivity contribution is 0.0936. The summed E-state index contributed by atoms with van der Waals surface area (Å²) < 4.78 is 17.0. The lowest BCUT2D eigenvalue weighted by Gasteiger charge is -2.27. The van der Waals surface area contributed by atoms with E-state index < -0.39 is 0 Å². The number of hydrogen-bond donors (Lipinski definition) is 2. The third-order valence-corrected chi connectivity index (χ3v) is 3.96. The van der Waals surface area contributed by atoms with Gasteiger partial charge in [-0.3, -0.25) is 0 Å².